The molecular weight excluding hydrogens is 358 g/mol. The van der Waals surface area contributed by atoms with Gasteiger partial charge in [0.25, 0.3) is 0 Å². The summed E-state index contributed by atoms with van der Waals surface area (Å²) >= 11 is 0. The Morgan fingerprint density at radius 1 is 1.14 bits per heavy atom. The molecule has 0 fully saturated rings. The van der Waals surface area contributed by atoms with E-state index in [0.29, 0.717) is 17.7 Å². The van der Waals surface area contributed by atoms with Crippen LogP contribution in [-0.4, -0.2) is 34.0 Å². The van der Waals surface area contributed by atoms with Crippen LogP contribution in [0.5, 0.6) is 0 Å². The maximum Gasteiger partial charge on any atom is 0.306 e. The minimum atomic E-state index is -0.420. The summed E-state index contributed by atoms with van der Waals surface area (Å²) in [5.41, 5.74) is 3.99. The molecule has 1 amide bonds. The molecule has 0 unspecified atom stereocenters. The van der Waals surface area contributed by atoms with Crippen LogP contribution in [0.15, 0.2) is 24.3 Å². The maximum absolute atomic E-state index is 12.2. The number of aryl methyl sites for hydroxylation is 2. The first-order chi connectivity index (χ1) is 13.2. The number of benzene rings is 1. The van der Waals surface area contributed by atoms with Crippen LogP contribution in [0.25, 0.3) is 0 Å². The highest BCUT2D eigenvalue weighted by molar-refractivity contribution is 5.99. The average Bonchev–Trinajstić information content (AvgIpc) is 2.90. The van der Waals surface area contributed by atoms with Gasteiger partial charge in [-0.1, -0.05) is 13.8 Å². The molecule has 1 aromatic carbocycles. The van der Waals surface area contributed by atoms with Crippen LogP contribution in [0.3, 0.4) is 0 Å². The number of anilines is 1. The molecular formula is C21H27N3O4. The van der Waals surface area contributed by atoms with Gasteiger partial charge in [-0.2, -0.15) is 5.10 Å². The fraction of sp³-hybridized carbons (Fsp3) is 0.429. The second-order valence-electron chi connectivity index (χ2n) is 7.08. The van der Waals surface area contributed by atoms with Crippen LogP contribution in [0.4, 0.5) is 5.69 Å². The van der Waals surface area contributed by atoms with Gasteiger partial charge in [0.05, 0.1) is 5.69 Å². The lowest BCUT2D eigenvalue weighted by Crippen LogP contribution is -2.18. The maximum atomic E-state index is 12.2. The SMILES string of the molecule is Cc1nn(C)c(C)c1CCC(=O)OCC(=O)c1ccc(NC(=O)C(C)C)cc1. The first-order valence-electron chi connectivity index (χ1n) is 9.28. The second-order valence-corrected chi connectivity index (χ2v) is 7.08. The van der Waals surface area contributed by atoms with Crippen LogP contribution in [0.2, 0.25) is 0 Å². The lowest BCUT2D eigenvalue weighted by atomic mass is 10.1. The molecule has 0 atom stereocenters. The van der Waals surface area contributed by atoms with Gasteiger partial charge in [-0.25, -0.2) is 0 Å². The van der Waals surface area contributed by atoms with E-state index in [9.17, 15) is 14.4 Å². The van der Waals surface area contributed by atoms with Gasteiger partial charge in [0.1, 0.15) is 0 Å². The summed E-state index contributed by atoms with van der Waals surface area (Å²) in [4.78, 5) is 35.8. The molecule has 2 aromatic rings. The monoisotopic (exact) mass is 385 g/mol. The largest absolute Gasteiger partial charge is 0.457 e. The molecule has 150 valence electrons. The zero-order valence-corrected chi connectivity index (χ0v) is 17.0. The Morgan fingerprint density at radius 2 is 1.79 bits per heavy atom. The average molecular weight is 385 g/mol. The van der Waals surface area contributed by atoms with Crippen molar-refractivity contribution in [3.05, 3.63) is 46.8 Å². The normalized spacial score (nSPS) is 10.8. The van der Waals surface area contributed by atoms with Crippen molar-refractivity contribution in [1.82, 2.24) is 9.78 Å². The van der Waals surface area contributed by atoms with Gasteiger partial charge >= 0.3 is 5.97 Å². The quantitative estimate of drug-likeness (QED) is 0.557. The number of esters is 1. The van der Waals surface area contributed by atoms with Gasteiger partial charge in [0, 0.05) is 36.3 Å². The minimum absolute atomic E-state index is 0.0907. The predicted octanol–water partition coefficient (Wildman–Crippen LogP) is 2.99. The van der Waals surface area contributed by atoms with Crippen molar-refractivity contribution < 1.29 is 19.1 Å². The highest BCUT2D eigenvalue weighted by atomic mass is 16.5. The number of hydrogen-bond donors (Lipinski definition) is 1. The third kappa shape index (κ3) is 5.52. The van der Waals surface area contributed by atoms with Crippen molar-refractivity contribution in [2.45, 2.75) is 40.5 Å². The van der Waals surface area contributed by atoms with E-state index in [2.05, 4.69) is 10.4 Å². The molecule has 1 heterocycles. The summed E-state index contributed by atoms with van der Waals surface area (Å²) in [5, 5.41) is 7.08. The summed E-state index contributed by atoms with van der Waals surface area (Å²) in [6.45, 7) is 7.17. The number of aromatic nitrogens is 2. The van der Waals surface area contributed by atoms with E-state index >= 15 is 0 Å². The van der Waals surface area contributed by atoms with Crippen molar-refractivity contribution in [2.24, 2.45) is 13.0 Å². The third-order valence-electron chi connectivity index (χ3n) is 4.60. The molecule has 1 aromatic heterocycles. The van der Waals surface area contributed by atoms with Crippen molar-refractivity contribution >= 4 is 23.3 Å². The lowest BCUT2D eigenvalue weighted by Gasteiger charge is -2.08. The van der Waals surface area contributed by atoms with E-state index in [-0.39, 0.29) is 30.6 Å². The van der Waals surface area contributed by atoms with E-state index < -0.39 is 5.97 Å². The number of Topliss-reactive ketones (excluding diaryl/α,β-unsaturated/α-hetero) is 1. The lowest BCUT2D eigenvalue weighted by molar-refractivity contribution is -0.142. The molecule has 2 rings (SSSR count). The molecule has 0 aliphatic carbocycles. The highest BCUT2D eigenvalue weighted by Crippen LogP contribution is 2.15. The Bertz CT molecular complexity index is 867. The standard InChI is InChI=1S/C21H27N3O4/c1-13(2)21(27)22-17-8-6-16(7-9-17)19(25)12-28-20(26)11-10-18-14(3)23-24(5)15(18)4/h6-9,13H,10-12H2,1-5H3,(H,22,27). The van der Waals surface area contributed by atoms with Crippen molar-refractivity contribution in [3.63, 3.8) is 0 Å². The Morgan fingerprint density at radius 3 is 2.32 bits per heavy atom. The summed E-state index contributed by atoms with van der Waals surface area (Å²) in [5.74, 6) is -0.923. The van der Waals surface area contributed by atoms with Crippen molar-refractivity contribution in [1.29, 1.82) is 0 Å². The molecule has 0 saturated heterocycles. The number of carbonyl (C=O) groups is 3. The van der Waals surface area contributed by atoms with Crippen LogP contribution in [-0.2, 0) is 27.8 Å². The molecule has 0 bridgehead atoms. The Kier molecular flexibility index (Phi) is 7.09. The third-order valence-corrected chi connectivity index (χ3v) is 4.60. The fourth-order valence-corrected chi connectivity index (χ4v) is 2.73. The van der Waals surface area contributed by atoms with Gasteiger partial charge in [-0.15, -0.1) is 0 Å². The van der Waals surface area contributed by atoms with Crippen LogP contribution in [0, 0.1) is 19.8 Å². The molecule has 0 saturated carbocycles. The molecule has 0 aliphatic rings. The summed E-state index contributed by atoms with van der Waals surface area (Å²) in [6, 6.07) is 6.52. The molecule has 7 nitrogen and oxygen atoms in total. The molecule has 1 N–H and O–H groups in total. The van der Waals surface area contributed by atoms with Gasteiger partial charge in [0.15, 0.2) is 12.4 Å². The number of rotatable bonds is 8. The van der Waals surface area contributed by atoms with E-state index in [1.165, 1.54) is 0 Å². The van der Waals surface area contributed by atoms with Gasteiger partial charge in [-0.3, -0.25) is 19.1 Å². The zero-order chi connectivity index (χ0) is 20.8. The van der Waals surface area contributed by atoms with Gasteiger partial charge < -0.3 is 10.1 Å². The molecule has 0 spiro atoms. The number of hydrogen-bond acceptors (Lipinski definition) is 5. The number of ether oxygens (including phenoxy) is 1. The van der Waals surface area contributed by atoms with Crippen molar-refractivity contribution in [2.75, 3.05) is 11.9 Å². The molecule has 7 heteroatoms. The van der Waals surface area contributed by atoms with E-state index in [0.717, 1.165) is 17.0 Å². The molecule has 28 heavy (non-hydrogen) atoms. The summed E-state index contributed by atoms with van der Waals surface area (Å²) in [6.07, 6.45) is 0.726. The zero-order valence-electron chi connectivity index (χ0n) is 17.0. The van der Waals surface area contributed by atoms with Crippen LogP contribution in [0.1, 0.15) is 47.6 Å². The topological polar surface area (TPSA) is 90.3 Å². The van der Waals surface area contributed by atoms with Crippen LogP contribution < -0.4 is 5.32 Å². The van der Waals surface area contributed by atoms with Crippen LogP contribution >= 0.6 is 0 Å². The molecule has 0 radical (unpaired) electrons. The number of ketones is 1. The smallest absolute Gasteiger partial charge is 0.306 e. The van der Waals surface area contributed by atoms with E-state index in [1.54, 1.807) is 42.8 Å². The number of nitrogens with one attached hydrogen (secondary N) is 1. The van der Waals surface area contributed by atoms with Crippen molar-refractivity contribution in [3.8, 4) is 0 Å². The molecule has 0 aliphatic heterocycles. The number of amides is 1. The first-order valence-corrected chi connectivity index (χ1v) is 9.28. The van der Waals surface area contributed by atoms with Gasteiger partial charge in [0.2, 0.25) is 5.91 Å². The predicted molar refractivity (Wildman–Crippen MR) is 106 cm³/mol. The second kappa shape index (κ2) is 9.30. The summed E-state index contributed by atoms with van der Waals surface area (Å²) < 4.78 is 6.89. The highest BCUT2D eigenvalue weighted by Gasteiger charge is 2.14. The Labute approximate surface area is 165 Å². The van der Waals surface area contributed by atoms with E-state index in [1.807, 2.05) is 20.9 Å². The summed E-state index contributed by atoms with van der Waals surface area (Å²) in [7, 11) is 1.86. The first kappa shape index (κ1) is 21.3. The Balaban J connectivity index is 1.82. The van der Waals surface area contributed by atoms with E-state index in [4.69, 9.17) is 4.74 Å². The van der Waals surface area contributed by atoms with Gasteiger partial charge in [-0.05, 0) is 50.1 Å². The number of nitrogens with zero attached hydrogens (tertiary/aromatic N) is 2. The fourth-order valence-electron chi connectivity index (χ4n) is 2.73. The minimum Gasteiger partial charge on any atom is -0.457 e. The number of carbonyl (C=O) groups excluding carboxylic acids is 3. The Hall–Kier alpha value is -2.96.